The summed E-state index contributed by atoms with van der Waals surface area (Å²) in [6.45, 7) is 4.35. The minimum Gasteiger partial charge on any atom is -0.484 e. The van der Waals surface area contributed by atoms with Gasteiger partial charge in [0.15, 0.2) is 6.61 Å². The predicted octanol–water partition coefficient (Wildman–Crippen LogP) is 4.71. The Bertz CT molecular complexity index is 704. The lowest BCUT2D eigenvalue weighted by molar-refractivity contribution is -0.118. The monoisotopic (exact) mass is 323 g/mol. The molecule has 3 heteroatoms. The number of aryl methyl sites for hydroxylation is 1. The van der Waals surface area contributed by atoms with Gasteiger partial charge in [0.25, 0.3) is 5.91 Å². The summed E-state index contributed by atoms with van der Waals surface area (Å²) in [6.07, 6.45) is 4.58. The number of amides is 1. The highest BCUT2D eigenvalue weighted by molar-refractivity contribution is 5.92. The Labute approximate surface area is 144 Å². The van der Waals surface area contributed by atoms with E-state index in [1.807, 2.05) is 36.4 Å². The van der Waals surface area contributed by atoms with Crippen LogP contribution >= 0.6 is 0 Å². The molecule has 3 nitrogen and oxygen atoms in total. The third kappa shape index (κ3) is 3.97. The molecule has 1 aliphatic rings. The van der Waals surface area contributed by atoms with E-state index in [0.717, 1.165) is 24.3 Å². The van der Waals surface area contributed by atoms with Gasteiger partial charge in [-0.25, -0.2) is 0 Å². The second kappa shape index (κ2) is 7.52. The van der Waals surface area contributed by atoms with Gasteiger partial charge in [-0.3, -0.25) is 4.79 Å². The molecule has 24 heavy (non-hydrogen) atoms. The van der Waals surface area contributed by atoms with Gasteiger partial charge in [0.05, 0.1) is 0 Å². The van der Waals surface area contributed by atoms with Crippen LogP contribution in [0, 0.1) is 0 Å². The van der Waals surface area contributed by atoms with Gasteiger partial charge in [-0.15, -0.1) is 0 Å². The van der Waals surface area contributed by atoms with E-state index in [4.69, 9.17) is 4.74 Å². The smallest absolute Gasteiger partial charge is 0.262 e. The van der Waals surface area contributed by atoms with Gasteiger partial charge in [-0.1, -0.05) is 38.1 Å². The number of carbonyl (C=O) groups excluding carboxylic acids is 1. The van der Waals surface area contributed by atoms with Crippen LogP contribution in [-0.2, 0) is 17.6 Å². The van der Waals surface area contributed by atoms with Gasteiger partial charge in [-0.05, 0) is 66.5 Å². The van der Waals surface area contributed by atoms with Crippen molar-refractivity contribution >= 4 is 11.6 Å². The van der Waals surface area contributed by atoms with Crippen LogP contribution < -0.4 is 10.1 Å². The third-order valence-electron chi connectivity index (χ3n) is 4.59. The van der Waals surface area contributed by atoms with E-state index in [1.54, 1.807) is 0 Å². The molecule has 0 saturated carbocycles. The summed E-state index contributed by atoms with van der Waals surface area (Å²) in [5.74, 6) is 1.11. The summed E-state index contributed by atoms with van der Waals surface area (Å²) in [7, 11) is 0. The van der Waals surface area contributed by atoms with Crippen molar-refractivity contribution in [3.63, 3.8) is 0 Å². The molecule has 0 unspecified atom stereocenters. The van der Waals surface area contributed by atoms with Crippen molar-refractivity contribution < 1.29 is 9.53 Å². The first kappa shape index (κ1) is 16.6. The molecular formula is C21H25NO2. The minimum atomic E-state index is -0.109. The average molecular weight is 323 g/mol. The average Bonchev–Trinajstić information content (AvgIpc) is 2.61. The number of nitrogens with one attached hydrogen (secondary N) is 1. The molecule has 0 aliphatic heterocycles. The number of hydrogen-bond donors (Lipinski definition) is 1. The fraction of sp³-hybridized carbons (Fsp3) is 0.381. The molecule has 1 N–H and O–H groups in total. The van der Waals surface area contributed by atoms with E-state index in [-0.39, 0.29) is 12.5 Å². The maximum absolute atomic E-state index is 12.2. The maximum Gasteiger partial charge on any atom is 0.262 e. The van der Waals surface area contributed by atoms with E-state index in [9.17, 15) is 4.79 Å². The van der Waals surface area contributed by atoms with Gasteiger partial charge in [0.2, 0.25) is 0 Å². The molecule has 0 fully saturated rings. The Morgan fingerprint density at radius 1 is 1.08 bits per heavy atom. The third-order valence-corrected chi connectivity index (χ3v) is 4.59. The van der Waals surface area contributed by atoms with Crippen LogP contribution in [0.5, 0.6) is 5.75 Å². The van der Waals surface area contributed by atoms with E-state index < -0.39 is 0 Å². The number of fused-ring (bicyclic) bond motifs is 1. The Morgan fingerprint density at radius 2 is 1.83 bits per heavy atom. The summed E-state index contributed by atoms with van der Waals surface area (Å²) in [5, 5.41) is 3.01. The summed E-state index contributed by atoms with van der Waals surface area (Å²) in [5.41, 5.74) is 4.86. The highest BCUT2D eigenvalue weighted by atomic mass is 16.5. The van der Waals surface area contributed by atoms with Crippen LogP contribution in [0.1, 0.15) is 49.3 Å². The van der Waals surface area contributed by atoms with E-state index >= 15 is 0 Å². The van der Waals surface area contributed by atoms with Crippen molar-refractivity contribution in [1.29, 1.82) is 0 Å². The van der Waals surface area contributed by atoms with E-state index in [1.165, 1.54) is 29.5 Å². The topological polar surface area (TPSA) is 38.3 Å². The Morgan fingerprint density at radius 3 is 2.58 bits per heavy atom. The van der Waals surface area contributed by atoms with Crippen molar-refractivity contribution in [3.8, 4) is 5.75 Å². The zero-order chi connectivity index (χ0) is 16.9. The van der Waals surface area contributed by atoms with Gasteiger partial charge in [0.1, 0.15) is 5.75 Å². The Balaban J connectivity index is 1.58. The van der Waals surface area contributed by atoms with Crippen LogP contribution in [0.15, 0.2) is 42.5 Å². The number of rotatable bonds is 5. The first-order valence-corrected chi connectivity index (χ1v) is 8.77. The number of anilines is 1. The van der Waals surface area contributed by atoms with E-state index in [0.29, 0.717) is 5.92 Å². The molecule has 3 rings (SSSR count). The van der Waals surface area contributed by atoms with Gasteiger partial charge in [-0.2, -0.15) is 0 Å². The lowest BCUT2D eigenvalue weighted by atomic mass is 9.90. The quantitative estimate of drug-likeness (QED) is 0.865. The molecule has 0 aromatic heterocycles. The van der Waals surface area contributed by atoms with Crippen LogP contribution in [0.3, 0.4) is 0 Å². The largest absolute Gasteiger partial charge is 0.484 e. The second-order valence-corrected chi connectivity index (χ2v) is 6.71. The number of hydrogen-bond acceptors (Lipinski definition) is 2. The number of ether oxygens (including phenoxy) is 1. The maximum atomic E-state index is 12.2. The fourth-order valence-electron chi connectivity index (χ4n) is 3.18. The van der Waals surface area contributed by atoms with Gasteiger partial charge in [0, 0.05) is 5.69 Å². The second-order valence-electron chi connectivity index (χ2n) is 6.71. The van der Waals surface area contributed by atoms with Crippen molar-refractivity contribution in [2.24, 2.45) is 0 Å². The van der Waals surface area contributed by atoms with Crippen molar-refractivity contribution in [1.82, 2.24) is 0 Å². The van der Waals surface area contributed by atoms with Crippen LogP contribution in [0.25, 0.3) is 0 Å². The fourth-order valence-corrected chi connectivity index (χ4v) is 3.18. The molecule has 126 valence electrons. The molecule has 0 spiro atoms. The standard InChI is InChI=1S/C21H25NO2/c1-15(2)16-10-12-18(13-11-16)24-14-21(23)22-20-9-5-7-17-6-3-4-8-19(17)20/h5,7,9-13,15H,3-4,6,8,14H2,1-2H3,(H,22,23). The van der Waals surface area contributed by atoms with Crippen molar-refractivity contribution in [3.05, 3.63) is 59.2 Å². The zero-order valence-corrected chi connectivity index (χ0v) is 14.5. The normalized spacial score (nSPS) is 13.5. The van der Waals surface area contributed by atoms with Crippen LogP contribution in [0.2, 0.25) is 0 Å². The lowest BCUT2D eigenvalue weighted by Gasteiger charge is -2.19. The molecule has 1 aliphatic carbocycles. The molecule has 0 saturated heterocycles. The molecule has 0 radical (unpaired) electrons. The number of carbonyl (C=O) groups is 1. The highest BCUT2D eigenvalue weighted by Crippen LogP contribution is 2.27. The van der Waals surface area contributed by atoms with Crippen molar-refractivity contribution in [2.75, 3.05) is 11.9 Å². The predicted molar refractivity (Wildman–Crippen MR) is 97.7 cm³/mol. The molecular weight excluding hydrogens is 298 g/mol. The number of benzene rings is 2. The first-order valence-electron chi connectivity index (χ1n) is 8.77. The zero-order valence-electron chi connectivity index (χ0n) is 14.5. The molecule has 2 aromatic carbocycles. The molecule has 1 amide bonds. The minimum absolute atomic E-state index is 0.0324. The summed E-state index contributed by atoms with van der Waals surface area (Å²) < 4.78 is 5.61. The molecule has 0 heterocycles. The molecule has 2 aromatic rings. The summed E-state index contributed by atoms with van der Waals surface area (Å²) in [6, 6.07) is 14.1. The Kier molecular flexibility index (Phi) is 5.19. The van der Waals surface area contributed by atoms with Crippen LogP contribution in [-0.4, -0.2) is 12.5 Å². The SMILES string of the molecule is CC(C)c1ccc(OCC(=O)Nc2cccc3c2CCCC3)cc1. The van der Waals surface area contributed by atoms with Crippen molar-refractivity contribution in [2.45, 2.75) is 45.4 Å². The molecule has 0 bridgehead atoms. The summed E-state index contributed by atoms with van der Waals surface area (Å²) >= 11 is 0. The first-order chi connectivity index (χ1) is 11.6. The van der Waals surface area contributed by atoms with E-state index in [2.05, 4.69) is 25.2 Å². The summed E-state index contributed by atoms with van der Waals surface area (Å²) in [4.78, 5) is 12.2. The van der Waals surface area contributed by atoms with Crippen LogP contribution in [0.4, 0.5) is 5.69 Å². The Hall–Kier alpha value is -2.29. The van der Waals surface area contributed by atoms with Gasteiger partial charge < -0.3 is 10.1 Å². The molecule has 0 atom stereocenters. The lowest BCUT2D eigenvalue weighted by Crippen LogP contribution is -2.21. The van der Waals surface area contributed by atoms with Gasteiger partial charge >= 0.3 is 0 Å². The highest BCUT2D eigenvalue weighted by Gasteiger charge is 2.14.